The number of aromatic nitrogens is 3. The molecular formula is C12H16N4S. The van der Waals surface area contributed by atoms with Gasteiger partial charge in [-0.15, -0.1) is 22.0 Å². The lowest BCUT2D eigenvalue weighted by Gasteiger charge is -2.07. The first-order chi connectivity index (χ1) is 8.16. The first-order valence-electron chi connectivity index (χ1n) is 5.48. The first-order valence-corrected chi connectivity index (χ1v) is 6.46. The van der Waals surface area contributed by atoms with Gasteiger partial charge in [-0.1, -0.05) is 12.1 Å². The summed E-state index contributed by atoms with van der Waals surface area (Å²) in [6.45, 7) is 1.99. The molecule has 1 aromatic carbocycles. The van der Waals surface area contributed by atoms with Crippen molar-refractivity contribution in [2.45, 2.75) is 23.6 Å². The molecule has 90 valence electrons. The van der Waals surface area contributed by atoms with Crippen molar-refractivity contribution < 1.29 is 0 Å². The Bertz CT molecular complexity index is 493. The molecule has 0 bridgehead atoms. The third-order valence-electron chi connectivity index (χ3n) is 2.56. The number of rotatable bonds is 4. The fourth-order valence-corrected chi connectivity index (χ4v) is 2.42. The Hall–Kier alpha value is -1.33. The van der Waals surface area contributed by atoms with Crippen molar-refractivity contribution in [1.82, 2.24) is 14.8 Å². The summed E-state index contributed by atoms with van der Waals surface area (Å²) in [6, 6.07) is 8.39. The molecule has 2 rings (SSSR count). The van der Waals surface area contributed by atoms with Gasteiger partial charge in [-0.2, -0.15) is 0 Å². The molecule has 0 saturated heterocycles. The lowest BCUT2D eigenvalue weighted by molar-refractivity contribution is 0.814. The zero-order valence-corrected chi connectivity index (χ0v) is 10.8. The maximum Gasteiger partial charge on any atom is 0.142 e. The van der Waals surface area contributed by atoms with Crippen LogP contribution in [0.1, 0.15) is 24.4 Å². The molecule has 4 nitrogen and oxygen atoms in total. The van der Waals surface area contributed by atoms with E-state index in [0.717, 1.165) is 17.1 Å². The van der Waals surface area contributed by atoms with E-state index in [2.05, 4.69) is 28.4 Å². The van der Waals surface area contributed by atoms with Crippen molar-refractivity contribution in [2.24, 2.45) is 12.8 Å². The largest absolute Gasteiger partial charge is 0.324 e. The SMILES string of the molecule is CC(N)c1cccc(SCc2nncn2C)c1. The highest BCUT2D eigenvalue weighted by Gasteiger charge is 2.04. The van der Waals surface area contributed by atoms with E-state index >= 15 is 0 Å². The summed E-state index contributed by atoms with van der Waals surface area (Å²) in [5, 5.41) is 7.92. The van der Waals surface area contributed by atoms with Crippen LogP contribution >= 0.6 is 11.8 Å². The molecule has 1 heterocycles. The molecule has 5 heteroatoms. The van der Waals surface area contributed by atoms with Crippen LogP contribution in [0.5, 0.6) is 0 Å². The van der Waals surface area contributed by atoms with E-state index in [1.54, 1.807) is 18.1 Å². The monoisotopic (exact) mass is 248 g/mol. The maximum atomic E-state index is 5.86. The Morgan fingerprint density at radius 1 is 1.47 bits per heavy atom. The Balaban J connectivity index is 2.04. The number of nitrogens with zero attached hydrogens (tertiary/aromatic N) is 3. The summed E-state index contributed by atoms with van der Waals surface area (Å²) in [5.41, 5.74) is 7.02. The zero-order chi connectivity index (χ0) is 12.3. The molecular weight excluding hydrogens is 232 g/mol. The van der Waals surface area contributed by atoms with Gasteiger partial charge in [0.1, 0.15) is 12.2 Å². The molecule has 0 saturated carbocycles. The molecule has 2 aromatic rings. The van der Waals surface area contributed by atoms with Crippen LogP contribution in [0.2, 0.25) is 0 Å². The maximum absolute atomic E-state index is 5.86. The highest BCUT2D eigenvalue weighted by atomic mass is 32.2. The van der Waals surface area contributed by atoms with E-state index in [-0.39, 0.29) is 6.04 Å². The van der Waals surface area contributed by atoms with Gasteiger partial charge in [-0.05, 0) is 24.6 Å². The summed E-state index contributed by atoms with van der Waals surface area (Å²) < 4.78 is 1.93. The van der Waals surface area contributed by atoms with Crippen molar-refractivity contribution in [3.63, 3.8) is 0 Å². The lowest BCUT2D eigenvalue weighted by atomic mass is 10.1. The molecule has 0 aliphatic carbocycles. The molecule has 0 aliphatic rings. The van der Waals surface area contributed by atoms with Crippen LogP contribution in [0.4, 0.5) is 0 Å². The topological polar surface area (TPSA) is 56.7 Å². The van der Waals surface area contributed by atoms with Crippen molar-refractivity contribution >= 4 is 11.8 Å². The van der Waals surface area contributed by atoms with Gasteiger partial charge in [0, 0.05) is 18.0 Å². The normalized spacial score (nSPS) is 12.6. The second-order valence-corrected chi connectivity index (χ2v) is 5.06. The third-order valence-corrected chi connectivity index (χ3v) is 3.55. The Morgan fingerprint density at radius 2 is 2.29 bits per heavy atom. The number of hydrogen-bond donors (Lipinski definition) is 1. The molecule has 0 amide bonds. The van der Waals surface area contributed by atoms with Crippen LogP contribution in [0.15, 0.2) is 35.5 Å². The minimum atomic E-state index is 0.0744. The summed E-state index contributed by atoms with van der Waals surface area (Å²) in [7, 11) is 1.95. The Morgan fingerprint density at radius 3 is 2.94 bits per heavy atom. The summed E-state index contributed by atoms with van der Waals surface area (Å²) >= 11 is 1.74. The molecule has 0 aliphatic heterocycles. The quantitative estimate of drug-likeness (QED) is 0.842. The lowest BCUT2D eigenvalue weighted by Crippen LogP contribution is -2.04. The second kappa shape index (κ2) is 5.33. The molecule has 1 aromatic heterocycles. The van der Waals surface area contributed by atoms with Gasteiger partial charge in [0.15, 0.2) is 0 Å². The Kier molecular flexibility index (Phi) is 3.81. The highest BCUT2D eigenvalue weighted by Crippen LogP contribution is 2.24. The van der Waals surface area contributed by atoms with Gasteiger partial charge in [0.05, 0.1) is 5.75 Å². The number of benzene rings is 1. The van der Waals surface area contributed by atoms with Crippen LogP contribution in [-0.2, 0) is 12.8 Å². The minimum absolute atomic E-state index is 0.0744. The standard InChI is InChI=1S/C12H16N4S/c1-9(13)10-4-3-5-11(6-10)17-7-12-15-14-8-16(12)2/h3-6,8-9H,7,13H2,1-2H3. The second-order valence-electron chi connectivity index (χ2n) is 4.01. The molecule has 17 heavy (non-hydrogen) atoms. The predicted molar refractivity (Wildman–Crippen MR) is 69.6 cm³/mol. The minimum Gasteiger partial charge on any atom is -0.324 e. The van der Waals surface area contributed by atoms with E-state index in [4.69, 9.17) is 5.73 Å². The predicted octanol–water partition coefficient (Wildman–Crippen LogP) is 2.13. The number of hydrogen-bond acceptors (Lipinski definition) is 4. The van der Waals surface area contributed by atoms with Crippen molar-refractivity contribution in [3.8, 4) is 0 Å². The molecule has 1 unspecified atom stereocenters. The van der Waals surface area contributed by atoms with Gasteiger partial charge in [-0.3, -0.25) is 0 Å². The van der Waals surface area contributed by atoms with Crippen LogP contribution in [0.25, 0.3) is 0 Å². The number of nitrogens with two attached hydrogens (primary N) is 1. The van der Waals surface area contributed by atoms with Crippen LogP contribution in [0, 0.1) is 0 Å². The average Bonchev–Trinajstić information content (AvgIpc) is 2.72. The number of aryl methyl sites for hydroxylation is 1. The molecule has 2 N–H and O–H groups in total. The smallest absolute Gasteiger partial charge is 0.142 e. The van der Waals surface area contributed by atoms with Crippen molar-refractivity contribution in [2.75, 3.05) is 0 Å². The molecule has 0 radical (unpaired) electrons. The van der Waals surface area contributed by atoms with Crippen molar-refractivity contribution in [3.05, 3.63) is 42.0 Å². The summed E-state index contributed by atoms with van der Waals surface area (Å²) in [6.07, 6.45) is 1.72. The zero-order valence-electron chi connectivity index (χ0n) is 10.00. The van der Waals surface area contributed by atoms with Gasteiger partial charge in [0.2, 0.25) is 0 Å². The fourth-order valence-electron chi connectivity index (χ4n) is 1.47. The Labute approximate surface area is 105 Å². The van der Waals surface area contributed by atoms with Crippen LogP contribution < -0.4 is 5.73 Å². The average molecular weight is 248 g/mol. The first kappa shape index (κ1) is 12.1. The van der Waals surface area contributed by atoms with Gasteiger partial charge in [-0.25, -0.2) is 0 Å². The van der Waals surface area contributed by atoms with Gasteiger partial charge < -0.3 is 10.3 Å². The summed E-state index contributed by atoms with van der Waals surface area (Å²) in [5.74, 6) is 1.79. The highest BCUT2D eigenvalue weighted by molar-refractivity contribution is 7.98. The van der Waals surface area contributed by atoms with Crippen LogP contribution in [0.3, 0.4) is 0 Å². The van der Waals surface area contributed by atoms with E-state index in [1.165, 1.54) is 4.90 Å². The summed E-state index contributed by atoms with van der Waals surface area (Å²) in [4.78, 5) is 1.21. The van der Waals surface area contributed by atoms with Gasteiger partial charge >= 0.3 is 0 Å². The molecule has 0 fully saturated rings. The van der Waals surface area contributed by atoms with E-state index in [0.29, 0.717) is 0 Å². The fraction of sp³-hybridized carbons (Fsp3) is 0.333. The molecule has 0 spiro atoms. The van der Waals surface area contributed by atoms with E-state index < -0.39 is 0 Å². The van der Waals surface area contributed by atoms with Crippen molar-refractivity contribution in [1.29, 1.82) is 0 Å². The molecule has 1 atom stereocenters. The number of thioether (sulfide) groups is 1. The van der Waals surface area contributed by atoms with Crippen LogP contribution in [-0.4, -0.2) is 14.8 Å². The van der Waals surface area contributed by atoms with E-state index in [1.807, 2.05) is 24.6 Å². The third kappa shape index (κ3) is 3.08. The van der Waals surface area contributed by atoms with Gasteiger partial charge in [0.25, 0.3) is 0 Å². The van der Waals surface area contributed by atoms with E-state index in [9.17, 15) is 0 Å².